The highest BCUT2D eigenvalue weighted by Crippen LogP contribution is 2.27. The van der Waals surface area contributed by atoms with E-state index in [4.69, 9.17) is 4.52 Å². The topological polar surface area (TPSA) is 59.2 Å². The van der Waals surface area contributed by atoms with E-state index in [-0.39, 0.29) is 11.8 Å². The highest BCUT2D eigenvalue weighted by Gasteiger charge is 2.29. The van der Waals surface area contributed by atoms with Crippen molar-refractivity contribution < 1.29 is 9.32 Å². The van der Waals surface area contributed by atoms with Crippen LogP contribution in [0.25, 0.3) is 0 Å². The number of carbonyl (C=O) groups excluding carboxylic acids is 1. The van der Waals surface area contributed by atoms with Crippen molar-refractivity contribution in [2.24, 2.45) is 0 Å². The fourth-order valence-electron chi connectivity index (χ4n) is 2.98. The second-order valence-corrected chi connectivity index (χ2v) is 6.09. The molecule has 116 valence electrons. The number of amides is 1. The Bertz CT molecular complexity index is 693. The van der Waals surface area contributed by atoms with Gasteiger partial charge in [0.25, 0.3) is 5.91 Å². The van der Waals surface area contributed by atoms with Crippen LogP contribution in [0.1, 0.15) is 52.0 Å². The second-order valence-electron chi connectivity index (χ2n) is 6.09. The van der Waals surface area contributed by atoms with Crippen LogP contribution in [0.15, 0.2) is 22.7 Å². The van der Waals surface area contributed by atoms with Crippen molar-refractivity contribution in [1.82, 2.24) is 15.0 Å². The molecule has 2 heterocycles. The number of likely N-dealkylation sites (tertiary alicyclic amines) is 1. The number of aromatic nitrogens is 2. The highest BCUT2D eigenvalue weighted by atomic mass is 16.5. The smallest absolute Gasteiger partial charge is 0.254 e. The molecule has 1 atom stereocenters. The number of piperidine rings is 1. The number of hydrogen-bond donors (Lipinski definition) is 0. The minimum atomic E-state index is 0.0992. The van der Waals surface area contributed by atoms with Gasteiger partial charge in [-0.2, -0.15) is 4.98 Å². The molecule has 0 saturated carbocycles. The Morgan fingerprint density at radius 2 is 2.14 bits per heavy atom. The van der Waals surface area contributed by atoms with Gasteiger partial charge in [-0.1, -0.05) is 22.9 Å². The fraction of sp³-hybridized carbons (Fsp3) is 0.471. The number of benzene rings is 1. The molecular weight excluding hydrogens is 278 g/mol. The Morgan fingerprint density at radius 1 is 1.32 bits per heavy atom. The van der Waals surface area contributed by atoms with E-state index in [9.17, 15) is 4.79 Å². The van der Waals surface area contributed by atoms with E-state index in [2.05, 4.69) is 10.1 Å². The molecule has 1 aliphatic rings. The van der Waals surface area contributed by atoms with Crippen LogP contribution in [0.4, 0.5) is 0 Å². The lowest BCUT2D eigenvalue weighted by Crippen LogP contribution is -2.39. The zero-order chi connectivity index (χ0) is 15.7. The van der Waals surface area contributed by atoms with Gasteiger partial charge in [0.2, 0.25) is 5.89 Å². The second kappa shape index (κ2) is 5.91. The molecule has 0 N–H and O–H groups in total. The quantitative estimate of drug-likeness (QED) is 0.855. The van der Waals surface area contributed by atoms with Crippen LogP contribution in [0.3, 0.4) is 0 Å². The molecule has 5 nitrogen and oxygen atoms in total. The summed E-state index contributed by atoms with van der Waals surface area (Å²) in [7, 11) is 0. The molecule has 0 spiro atoms. The van der Waals surface area contributed by atoms with Crippen molar-refractivity contribution in [2.75, 3.05) is 13.1 Å². The van der Waals surface area contributed by atoms with Gasteiger partial charge in [0.05, 0.1) is 5.92 Å². The van der Waals surface area contributed by atoms with Gasteiger partial charge in [0.15, 0.2) is 5.82 Å². The predicted molar refractivity (Wildman–Crippen MR) is 82.8 cm³/mol. The van der Waals surface area contributed by atoms with Crippen LogP contribution in [0.5, 0.6) is 0 Å². The highest BCUT2D eigenvalue weighted by molar-refractivity contribution is 5.96. The van der Waals surface area contributed by atoms with Gasteiger partial charge < -0.3 is 9.42 Å². The van der Waals surface area contributed by atoms with Crippen LogP contribution < -0.4 is 0 Å². The molecule has 0 bridgehead atoms. The molecule has 5 heteroatoms. The van der Waals surface area contributed by atoms with Crippen molar-refractivity contribution in [1.29, 1.82) is 0 Å². The first-order chi connectivity index (χ1) is 10.5. The molecule has 1 aromatic heterocycles. The summed E-state index contributed by atoms with van der Waals surface area (Å²) >= 11 is 0. The molecule has 1 aromatic carbocycles. The normalized spacial score (nSPS) is 18.5. The molecule has 0 aliphatic carbocycles. The molecule has 1 fully saturated rings. The van der Waals surface area contributed by atoms with Gasteiger partial charge in [-0.15, -0.1) is 0 Å². The van der Waals surface area contributed by atoms with Gasteiger partial charge in [0, 0.05) is 18.7 Å². The summed E-state index contributed by atoms with van der Waals surface area (Å²) in [5.74, 6) is 1.54. The zero-order valence-electron chi connectivity index (χ0n) is 13.3. The van der Waals surface area contributed by atoms with Crippen LogP contribution in [-0.2, 0) is 0 Å². The van der Waals surface area contributed by atoms with Gasteiger partial charge in [-0.25, -0.2) is 0 Å². The van der Waals surface area contributed by atoms with Crippen molar-refractivity contribution in [2.45, 2.75) is 39.5 Å². The first kappa shape index (κ1) is 14.8. The van der Waals surface area contributed by atoms with Crippen molar-refractivity contribution >= 4 is 5.91 Å². The predicted octanol–water partition coefficient (Wildman–Crippen LogP) is 3.01. The van der Waals surface area contributed by atoms with E-state index in [0.717, 1.165) is 36.1 Å². The van der Waals surface area contributed by atoms with E-state index in [1.54, 1.807) is 0 Å². The Morgan fingerprint density at radius 3 is 2.86 bits per heavy atom. The molecule has 2 aromatic rings. The molecule has 1 unspecified atom stereocenters. The summed E-state index contributed by atoms with van der Waals surface area (Å²) in [6.07, 6.45) is 1.95. The maximum atomic E-state index is 12.8. The lowest BCUT2D eigenvalue weighted by molar-refractivity contribution is 0.0695. The molecular formula is C17H21N3O2. The van der Waals surface area contributed by atoms with Crippen molar-refractivity contribution in [3.8, 4) is 0 Å². The minimum absolute atomic E-state index is 0.0992. The van der Waals surface area contributed by atoms with E-state index in [1.165, 1.54) is 0 Å². The monoisotopic (exact) mass is 299 g/mol. The summed E-state index contributed by atoms with van der Waals surface area (Å²) in [5, 5.41) is 3.86. The third-order valence-electron chi connectivity index (χ3n) is 4.22. The van der Waals surface area contributed by atoms with E-state index in [0.29, 0.717) is 18.3 Å². The number of carbonyl (C=O) groups is 1. The summed E-state index contributed by atoms with van der Waals surface area (Å²) in [6.45, 7) is 7.24. The Balaban J connectivity index is 1.79. The summed E-state index contributed by atoms with van der Waals surface area (Å²) in [6, 6.07) is 6.01. The Hall–Kier alpha value is -2.17. The van der Waals surface area contributed by atoms with Crippen LogP contribution in [0.2, 0.25) is 0 Å². The van der Waals surface area contributed by atoms with Crippen molar-refractivity contribution in [3.05, 3.63) is 46.6 Å². The van der Waals surface area contributed by atoms with E-state index >= 15 is 0 Å². The molecule has 0 radical (unpaired) electrons. The zero-order valence-corrected chi connectivity index (χ0v) is 13.3. The van der Waals surface area contributed by atoms with Gasteiger partial charge in [-0.3, -0.25) is 4.79 Å². The molecule has 1 amide bonds. The SMILES string of the molecule is Cc1ccc(C)c(C(=O)N2CCCC(c3nc(C)no3)C2)c1. The summed E-state index contributed by atoms with van der Waals surface area (Å²) < 4.78 is 5.28. The van der Waals surface area contributed by atoms with E-state index < -0.39 is 0 Å². The summed E-state index contributed by atoms with van der Waals surface area (Å²) in [4.78, 5) is 19.0. The maximum absolute atomic E-state index is 12.8. The molecule has 1 saturated heterocycles. The number of hydrogen-bond acceptors (Lipinski definition) is 4. The van der Waals surface area contributed by atoms with E-state index in [1.807, 2.05) is 43.9 Å². The van der Waals surface area contributed by atoms with Gasteiger partial charge >= 0.3 is 0 Å². The largest absolute Gasteiger partial charge is 0.339 e. The summed E-state index contributed by atoms with van der Waals surface area (Å²) in [5.41, 5.74) is 2.92. The van der Waals surface area contributed by atoms with Crippen molar-refractivity contribution in [3.63, 3.8) is 0 Å². The average Bonchev–Trinajstić information content (AvgIpc) is 2.96. The first-order valence-electron chi connectivity index (χ1n) is 7.71. The standard InChI is InChI=1S/C17H21N3O2/c1-11-6-7-12(2)15(9-11)17(21)20-8-4-5-14(10-20)16-18-13(3)19-22-16/h6-7,9,14H,4-5,8,10H2,1-3H3. The Labute approximate surface area is 130 Å². The fourth-order valence-corrected chi connectivity index (χ4v) is 2.98. The van der Waals surface area contributed by atoms with Gasteiger partial charge in [0.1, 0.15) is 0 Å². The number of aryl methyl sites for hydroxylation is 3. The third kappa shape index (κ3) is 2.89. The third-order valence-corrected chi connectivity index (χ3v) is 4.22. The molecule has 1 aliphatic heterocycles. The minimum Gasteiger partial charge on any atom is -0.339 e. The lowest BCUT2D eigenvalue weighted by atomic mass is 9.96. The lowest BCUT2D eigenvalue weighted by Gasteiger charge is -2.31. The first-order valence-corrected chi connectivity index (χ1v) is 7.71. The molecule has 3 rings (SSSR count). The van der Waals surface area contributed by atoms with Crippen LogP contribution in [-0.4, -0.2) is 34.0 Å². The van der Waals surface area contributed by atoms with Crippen LogP contribution in [0, 0.1) is 20.8 Å². The molecule has 22 heavy (non-hydrogen) atoms. The Kier molecular flexibility index (Phi) is 3.96. The number of nitrogens with zero attached hydrogens (tertiary/aromatic N) is 3. The maximum Gasteiger partial charge on any atom is 0.254 e. The average molecular weight is 299 g/mol. The van der Waals surface area contributed by atoms with Gasteiger partial charge in [-0.05, 0) is 45.2 Å². The number of rotatable bonds is 2. The van der Waals surface area contributed by atoms with Crippen LogP contribution >= 0.6 is 0 Å².